The van der Waals surface area contributed by atoms with Crippen LogP contribution >= 0.6 is 0 Å². The number of nitro benzene ring substituents is 2. The van der Waals surface area contributed by atoms with Crippen LogP contribution in [0.5, 0.6) is 0 Å². The Bertz CT molecular complexity index is 792. The van der Waals surface area contributed by atoms with Crippen molar-refractivity contribution in [2.75, 3.05) is 11.9 Å². The van der Waals surface area contributed by atoms with Gasteiger partial charge in [-0.2, -0.15) is 13.2 Å². The minimum atomic E-state index is -4.73. The number of nitrogens with one attached hydrogen (secondary N) is 1. The van der Waals surface area contributed by atoms with Gasteiger partial charge >= 0.3 is 6.18 Å². The first kappa shape index (κ1) is 18.2. The molecule has 0 amide bonds. The third-order valence-electron chi connectivity index (χ3n) is 3.40. The monoisotopic (exact) mass is 355 g/mol. The van der Waals surface area contributed by atoms with Gasteiger partial charge in [0.25, 0.3) is 11.4 Å². The van der Waals surface area contributed by atoms with E-state index in [0.717, 1.165) is 12.1 Å². The number of rotatable bonds is 6. The molecule has 0 heterocycles. The Labute approximate surface area is 139 Å². The van der Waals surface area contributed by atoms with Crippen molar-refractivity contribution < 1.29 is 23.0 Å². The van der Waals surface area contributed by atoms with E-state index in [-0.39, 0.29) is 17.9 Å². The Balaban J connectivity index is 2.09. The van der Waals surface area contributed by atoms with E-state index in [1.165, 1.54) is 24.3 Å². The molecule has 25 heavy (non-hydrogen) atoms. The molecular weight excluding hydrogens is 343 g/mol. The molecule has 0 spiro atoms. The Morgan fingerprint density at radius 1 is 0.920 bits per heavy atom. The van der Waals surface area contributed by atoms with E-state index in [1.54, 1.807) is 0 Å². The lowest BCUT2D eigenvalue weighted by Gasteiger charge is -2.14. The second-order valence-electron chi connectivity index (χ2n) is 5.09. The maximum Gasteiger partial charge on any atom is 0.418 e. The van der Waals surface area contributed by atoms with Gasteiger partial charge in [-0.25, -0.2) is 0 Å². The van der Waals surface area contributed by atoms with Crippen LogP contribution in [0.25, 0.3) is 0 Å². The molecule has 0 aliphatic carbocycles. The lowest BCUT2D eigenvalue weighted by Crippen LogP contribution is -2.13. The molecule has 0 unspecified atom stereocenters. The number of non-ortho nitro benzene ring substituents is 2. The molecule has 0 atom stereocenters. The van der Waals surface area contributed by atoms with Crippen molar-refractivity contribution >= 4 is 17.1 Å². The van der Waals surface area contributed by atoms with Gasteiger partial charge in [-0.3, -0.25) is 20.2 Å². The van der Waals surface area contributed by atoms with Gasteiger partial charge in [0.15, 0.2) is 0 Å². The number of nitro groups is 2. The summed E-state index contributed by atoms with van der Waals surface area (Å²) in [7, 11) is 0. The molecule has 0 radical (unpaired) electrons. The number of hydrogen-bond donors (Lipinski definition) is 1. The highest BCUT2D eigenvalue weighted by Gasteiger charge is 2.35. The number of benzene rings is 2. The van der Waals surface area contributed by atoms with E-state index in [2.05, 4.69) is 5.32 Å². The zero-order valence-electron chi connectivity index (χ0n) is 12.6. The first-order valence-corrected chi connectivity index (χ1v) is 7.01. The highest BCUT2D eigenvalue weighted by atomic mass is 19.4. The number of hydrogen-bond acceptors (Lipinski definition) is 5. The van der Waals surface area contributed by atoms with Crippen LogP contribution in [0.1, 0.15) is 11.1 Å². The van der Waals surface area contributed by atoms with Crippen LogP contribution in [-0.4, -0.2) is 16.4 Å². The van der Waals surface area contributed by atoms with Gasteiger partial charge < -0.3 is 5.32 Å². The average Bonchev–Trinajstić information content (AvgIpc) is 2.54. The van der Waals surface area contributed by atoms with Crippen molar-refractivity contribution in [3.05, 3.63) is 73.8 Å². The summed E-state index contributed by atoms with van der Waals surface area (Å²) in [5.74, 6) is 0. The topological polar surface area (TPSA) is 98.3 Å². The predicted octanol–water partition coefficient (Wildman–Crippen LogP) is 4.18. The van der Waals surface area contributed by atoms with Crippen molar-refractivity contribution in [3.8, 4) is 0 Å². The molecule has 0 aromatic heterocycles. The first-order valence-electron chi connectivity index (χ1n) is 7.01. The molecule has 0 aliphatic rings. The Morgan fingerprint density at radius 3 is 2.00 bits per heavy atom. The van der Waals surface area contributed by atoms with Gasteiger partial charge in [0.1, 0.15) is 0 Å². The summed E-state index contributed by atoms with van der Waals surface area (Å²) in [6, 6.07) is 8.12. The summed E-state index contributed by atoms with van der Waals surface area (Å²) in [4.78, 5) is 19.8. The van der Waals surface area contributed by atoms with Crippen LogP contribution in [0, 0.1) is 20.2 Å². The van der Waals surface area contributed by atoms with E-state index in [4.69, 9.17) is 0 Å². The summed E-state index contributed by atoms with van der Waals surface area (Å²) in [5, 5.41) is 23.8. The molecule has 2 aromatic carbocycles. The van der Waals surface area contributed by atoms with E-state index in [0.29, 0.717) is 18.1 Å². The molecule has 0 saturated carbocycles. The third-order valence-corrected chi connectivity index (χ3v) is 3.40. The quantitative estimate of drug-likeness (QED) is 0.619. The fraction of sp³-hybridized carbons (Fsp3) is 0.200. The standard InChI is InChI=1S/C15H12F3N3O4/c16-15(17,18)13-9-12(21(24)25)5-6-14(13)19-8-7-10-1-3-11(4-2-10)20(22)23/h1-6,9,19H,7-8H2. The zero-order valence-corrected chi connectivity index (χ0v) is 12.6. The van der Waals surface area contributed by atoms with Crippen LogP contribution in [-0.2, 0) is 12.6 Å². The molecule has 132 valence electrons. The Morgan fingerprint density at radius 2 is 1.48 bits per heavy atom. The molecule has 2 rings (SSSR count). The molecule has 0 saturated heterocycles. The van der Waals surface area contributed by atoms with Crippen molar-refractivity contribution in [2.45, 2.75) is 12.6 Å². The van der Waals surface area contributed by atoms with Crippen LogP contribution in [0.15, 0.2) is 42.5 Å². The normalized spacial score (nSPS) is 11.2. The fourth-order valence-corrected chi connectivity index (χ4v) is 2.16. The molecule has 0 fully saturated rings. The second kappa shape index (κ2) is 7.16. The van der Waals surface area contributed by atoms with E-state index >= 15 is 0 Å². The number of halogens is 3. The van der Waals surface area contributed by atoms with Gasteiger partial charge in [-0.1, -0.05) is 12.1 Å². The smallest absolute Gasteiger partial charge is 0.384 e. The van der Waals surface area contributed by atoms with Crippen LogP contribution in [0.2, 0.25) is 0 Å². The van der Waals surface area contributed by atoms with Crippen molar-refractivity contribution in [2.24, 2.45) is 0 Å². The minimum absolute atomic E-state index is 0.0774. The van der Waals surface area contributed by atoms with Gasteiger partial charge in [0, 0.05) is 36.5 Å². The van der Waals surface area contributed by atoms with Crippen LogP contribution < -0.4 is 5.32 Å². The fourth-order valence-electron chi connectivity index (χ4n) is 2.16. The molecule has 1 N–H and O–H groups in total. The highest BCUT2D eigenvalue weighted by molar-refractivity contribution is 5.57. The van der Waals surface area contributed by atoms with Gasteiger partial charge in [0.2, 0.25) is 0 Å². The average molecular weight is 355 g/mol. The largest absolute Gasteiger partial charge is 0.418 e. The summed E-state index contributed by atoms with van der Waals surface area (Å²) < 4.78 is 39.1. The number of nitrogens with zero attached hydrogens (tertiary/aromatic N) is 2. The maximum absolute atomic E-state index is 13.0. The minimum Gasteiger partial charge on any atom is -0.384 e. The molecular formula is C15H12F3N3O4. The summed E-state index contributed by atoms with van der Waals surface area (Å²) in [6.07, 6.45) is -4.41. The Kier molecular flexibility index (Phi) is 5.20. The lowest BCUT2D eigenvalue weighted by atomic mass is 10.1. The summed E-state index contributed by atoms with van der Waals surface area (Å²) >= 11 is 0. The number of anilines is 1. The first-order chi connectivity index (χ1) is 11.7. The molecule has 0 aliphatic heterocycles. The second-order valence-corrected chi connectivity index (χ2v) is 5.09. The summed E-state index contributed by atoms with van der Waals surface area (Å²) in [6.45, 7) is 0.124. The lowest BCUT2D eigenvalue weighted by molar-refractivity contribution is -0.385. The van der Waals surface area contributed by atoms with Gasteiger partial charge in [-0.05, 0) is 18.1 Å². The maximum atomic E-state index is 13.0. The third kappa shape index (κ3) is 4.66. The Hall–Kier alpha value is -3.17. The van der Waals surface area contributed by atoms with E-state index in [9.17, 15) is 33.4 Å². The molecule has 7 nitrogen and oxygen atoms in total. The van der Waals surface area contributed by atoms with Crippen LogP contribution in [0.4, 0.5) is 30.2 Å². The predicted molar refractivity (Wildman–Crippen MR) is 83.4 cm³/mol. The van der Waals surface area contributed by atoms with Gasteiger partial charge in [0.05, 0.1) is 15.4 Å². The van der Waals surface area contributed by atoms with E-state index in [1.807, 2.05) is 0 Å². The highest BCUT2D eigenvalue weighted by Crippen LogP contribution is 2.37. The molecule has 2 aromatic rings. The summed E-state index contributed by atoms with van der Waals surface area (Å²) in [5.41, 5.74) is -1.40. The van der Waals surface area contributed by atoms with Crippen molar-refractivity contribution in [1.29, 1.82) is 0 Å². The number of alkyl halides is 3. The van der Waals surface area contributed by atoms with E-state index < -0.39 is 27.3 Å². The zero-order chi connectivity index (χ0) is 18.6. The SMILES string of the molecule is O=[N+]([O-])c1ccc(CCNc2ccc([N+](=O)[O-])cc2C(F)(F)F)cc1. The molecule has 0 bridgehead atoms. The van der Waals surface area contributed by atoms with Crippen molar-refractivity contribution in [3.63, 3.8) is 0 Å². The molecule has 10 heteroatoms. The van der Waals surface area contributed by atoms with Gasteiger partial charge in [-0.15, -0.1) is 0 Å². The van der Waals surface area contributed by atoms with Crippen LogP contribution in [0.3, 0.4) is 0 Å². The van der Waals surface area contributed by atoms with Crippen molar-refractivity contribution in [1.82, 2.24) is 0 Å².